The third kappa shape index (κ3) is 3.33. The van der Waals surface area contributed by atoms with Gasteiger partial charge in [-0.05, 0) is 17.7 Å². The van der Waals surface area contributed by atoms with Crippen LogP contribution >= 0.6 is 0 Å². The van der Waals surface area contributed by atoms with Crippen LogP contribution in [0.1, 0.15) is 17.2 Å². The van der Waals surface area contributed by atoms with E-state index in [4.69, 9.17) is 4.74 Å². The second-order valence-electron chi connectivity index (χ2n) is 4.18. The van der Waals surface area contributed by atoms with E-state index in [1.165, 1.54) is 0 Å². The summed E-state index contributed by atoms with van der Waals surface area (Å²) in [6.07, 6.45) is 0. The standard InChI is InChI=1S/C15H15NO3/c16-14(15(17)18)12-8-4-5-9-13(12)19-10-11-6-2-1-3-7-11/h1-9,14H,10,16H2,(H,17,18)/t14-/m1/s1. The van der Waals surface area contributed by atoms with Gasteiger partial charge in [0.05, 0.1) is 5.56 Å². The highest BCUT2D eigenvalue weighted by atomic mass is 16.5. The molecule has 0 aliphatic heterocycles. The van der Waals surface area contributed by atoms with Crippen LogP contribution in [-0.4, -0.2) is 5.97 Å². The molecule has 0 unspecified atom stereocenters. The minimum absolute atomic E-state index is 0.387. The number of hydrogen-bond donors (Lipinski definition) is 1. The van der Waals surface area contributed by atoms with Crippen LogP contribution in [0.25, 0.3) is 0 Å². The molecule has 0 radical (unpaired) electrons. The smallest absolute Gasteiger partial charge is 0.154 e. The van der Waals surface area contributed by atoms with Crippen molar-refractivity contribution in [3.05, 3.63) is 65.7 Å². The maximum atomic E-state index is 10.9. The van der Waals surface area contributed by atoms with Gasteiger partial charge in [0.2, 0.25) is 0 Å². The van der Waals surface area contributed by atoms with Gasteiger partial charge in [-0.15, -0.1) is 0 Å². The second-order valence-corrected chi connectivity index (χ2v) is 4.18. The lowest BCUT2D eigenvalue weighted by Gasteiger charge is -2.15. The molecule has 4 heteroatoms. The molecule has 1 atom stereocenters. The maximum Gasteiger partial charge on any atom is 0.154 e. The summed E-state index contributed by atoms with van der Waals surface area (Å²) in [4.78, 5) is 10.9. The summed E-state index contributed by atoms with van der Waals surface area (Å²) >= 11 is 0. The summed E-state index contributed by atoms with van der Waals surface area (Å²) in [6.45, 7) is 0.387. The molecule has 0 aliphatic rings. The van der Waals surface area contributed by atoms with Gasteiger partial charge in [0.1, 0.15) is 18.3 Å². The number of carbonyl (C=O) groups is 1. The molecule has 3 N–H and O–H groups in total. The van der Waals surface area contributed by atoms with E-state index in [1.807, 2.05) is 30.3 Å². The molecule has 0 fully saturated rings. The number of carboxylic acid groups (broad SMARTS) is 1. The van der Waals surface area contributed by atoms with Gasteiger partial charge in [0.15, 0.2) is 6.04 Å². The Kier molecular flexibility index (Phi) is 4.15. The average molecular weight is 257 g/mol. The van der Waals surface area contributed by atoms with Gasteiger partial charge < -0.3 is 20.4 Å². The molecule has 0 bridgehead atoms. The minimum atomic E-state index is -1.21. The van der Waals surface area contributed by atoms with E-state index < -0.39 is 12.0 Å². The van der Waals surface area contributed by atoms with E-state index in [2.05, 4.69) is 5.73 Å². The predicted octanol–water partition coefficient (Wildman–Crippen LogP) is 0.299. The quantitative estimate of drug-likeness (QED) is 0.836. The van der Waals surface area contributed by atoms with Gasteiger partial charge in [-0.3, -0.25) is 0 Å². The minimum Gasteiger partial charge on any atom is -0.544 e. The maximum absolute atomic E-state index is 10.9. The lowest BCUT2D eigenvalue weighted by molar-refractivity contribution is -0.443. The largest absolute Gasteiger partial charge is 0.544 e. The third-order valence-electron chi connectivity index (χ3n) is 2.82. The zero-order chi connectivity index (χ0) is 13.7. The number of rotatable bonds is 5. The molecule has 0 heterocycles. The summed E-state index contributed by atoms with van der Waals surface area (Å²) in [7, 11) is 0. The first-order valence-electron chi connectivity index (χ1n) is 5.98. The highest BCUT2D eigenvalue weighted by molar-refractivity contribution is 5.72. The number of aliphatic carboxylic acids is 1. The Morgan fingerprint density at radius 3 is 2.42 bits per heavy atom. The van der Waals surface area contributed by atoms with Crippen LogP contribution in [0.2, 0.25) is 0 Å². The Bertz CT molecular complexity index is 554. The zero-order valence-electron chi connectivity index (χ0n) is 10.4. The lowest BCUT2D eigenvalue weighted by Crippen LogP contribution is -2.61. The normalized spacial score (nSPS) is 11.8. The highest BCUT2D eigenvalue weighted by Crippen LogP contribution is 2.23. The summed E-state index contributed by atoms with van der Waals surface area (Å²) < 4.78 is 5.66. The summed E-state index contributed by atoms with van der Waals surface area (Å²) in [5.74, 6) is -0.689. The molecule has 2 aromatic carbocycles. The van der Waals surface area contributed by atoms with E-state index in [0.29, 0.717) is 17.9 Å². The number of benzene rings is 2. The molecule has 19 heavy (non-hydrogen) atoms. The Balaban J connectivity index is 2.14. The van der Waals surface area contributed by atoms with E-state index in [0.717, 1.165) is 5.56 Å². The van der Waals surface area contributed by atoms with Crippen LogP contribution in [-0.2, 0) is 11.4 Å². The molecule has 0 spiro atoms. The number of para-hydroxylation sites is 1. The van der Waals surface area contributed by atoms with Crippen molar-refractivity contribution in [1.82, 2.24) is 0 Å². The molecular formula is C15H15NO3. The summed E-state index contributed by atoms with van der Waals surface area (Å²) in [5.41, 5.74) is 5.13. The van der Waals surface area contributed by atoms with Gasteiger partial charge in [-0.1, -0.05) is 42.5 Å². The summed E-state index contributed by atoms with van der Waals surface area (Å²) in [5, 5.41) is 10.9. The average Bonchev–Trinajstić information content (AvgIpc) is 2.45. The van der Waals surface area contributed by atoms with Gasteiger partial charge in [-0.2, -0.15) is 0 Å². The van der Waals surface area contributed by atoms with Crippen molar-refractivity contribution >= 4 is 5.97 Å². The fraction of sp³-hybridized carbons (Fsp3) is 0.133. The predicted molar refractivity (Wildman–Crippen MR) is 67.9 cm³/mol. The first kappa shape index (κ1) is 13.1. The SMILES string of the molecule is [NH3+][C@@H](C(=O)[O-])c1ccccc1OCc1ccccc1. The number of hydrogen-bond acceptors (Lipinski definition) is 3. The monoisotopic (exact) mass is 257 g/mol. The summed E-state index contributed by atoms with van der Waals surface area (Å²) in [6, 6.07) is 15.7. The van der Waals surface area contributed by atoms with Gasteiger partial charge in [0.25, 0.3) is 0 Å². The molecule has 0 amide bonds. The van der Waals surface area contributed by atoms with Crippen molar-refractivity contribution in [2.24, 2.45) is 0 Å². The lowest BCUT2D eigenvalue weighted by atomic mass is 10.1. The first-order valence-corrected chi connectivity index (χ1v) is 5.98. The molecular weight excluding hydrogens is 242 g/mol. The van der Waals surface area contributed by atoms with Crippen LogP contribution in [0.5, 0.6) is 5.75 Å². The topological polar surface area (TPSA) is 77.0 Å². The van der Waals surface area contributed by atoms with Crippen LogP contribution < -0.4 is 15.6 Å². The van der Waals surface area contributed by atoms with Crippen molar-refractivity contribution in [2.45, 2.75) is 12.6 Å². The van der Waals surface area contributed by atoms with Gasteiger partial charge in [0, 0.05) is 0 Å². The van der Waals surface area contributed by atoms with Crippen LogP contribution in [0.4, 0.5) is 0 Å². The number of carboxylic acids is 1. The molecule has 0 saturated carbocycles. The van der Waals surface area contributed by atoms with Crippen molar-refractivity contribution < 1.29 is 20.4 Å². The van der Waals surface area contributed by atoms with E-state index >= 15 is 0 Å². The number of ether oxygens (including phenoxy) is 1. The number of carbonyl (C=O) groups excluding carboxylic acids is 1. The van der Waals surface area contributed by atoms with Gasteiger partial charge in [-0.25, -0.2) is 0 Å². The van der Waals surface area contributed by atoms with Gasteiger partial charge >= 0.3 is 0 Å². The number of quaternary nitrogens is 1. The molecule has 0 saturated heterocycles. The van der Waals surface area contributed by atoms with Crippen molar-refractivity contribution in [3.8, 4) is 5.75 Å². The molecule has 0 aromatic heterocycles. The molecule has 98 valence electrons. The fourth-order valence-electron chi connectivity index (χ4n) is 1.76. The Labute approximate surface area is 111 Å². The molecule has 4 nitrogen and oxygen atoms in total. The fourth-order valence-corrected chi connectivity index (χ4v) is 1.76. The Morgan fingerprint density at radius 2 is 1.74 bits per heavy atom. The van der Waals surface area contributed by atoms with Crippen molar-refractivity contribution in [3.63, 3.8) is 0 Å². The molecule has 2 aromatic rings. The Hall–Kier alpha value is -2.33. The van der Waals surface area contributed by atoms with Crippen molar-refractivity contribution in [1.29, 1.82) is 0 Å². The van der Waals surface area contributed by atoms with E-state index in [9.17, 15) is 9.90 Å². The molecule has 2 rings (SSSR count). The van der Waals surface area contributed by atoms with Crippen LogP contribution in [0, 0.1) is 0 Å². The molecule has 0 aliphatic carbocycles. The van der Waals surface area contributed by atoms with Crippen LogP contribution in [0.3, 0.4) is 0 Å². The third-order valence-corrected chi connectivity index (χ3v) is 2.82. The van der Waals surface area contributed by atoms with E-state index in [1.54, 1.807) is 24.3 Å². The Morgan fingerprint density at radius 1 is 1.11 bits per heavy atom. The first-order chi connectivity index (χ1) is 9.18. The second kappa shape index (κ2) is 6.02. The van der Waals surface area contributed by atoms with Crippen LogP contribution in [0.15, 0.2) is 54.6 Å². The zero-order valence-corrected chi connectivity index (χ0v) is 10.4. The van der Waals surface area contributed by atoms with E-state index in [-0.39, 0.29) is 0 Å². The van der Waals surface area contributed by atoms with Crippen molar-refractivity contribution in [2.75, 3.05) is 0 Å². The highest BCUT2D eigenvalue weighted by Gasteiger charge is 2.15.